The highest BCUT2D eigenvalue weighted by molar-refractivity contribution is 5.56. The normalized spacial score (nSPS) is 10.9. The standard InChI is InChI=1S/C12H20O6/c1-3-5-16-8-12(7-13,9-17-6-4-2)10-18-11(14)15/h3-4,13H,1-2,5-10H2,(H,14,15). The third-order valence-corrected chi connectivity index (χ3v) is 2.13. The van der Waals surface area contributed by atoms with Gasteiger partial charge in [-0.25, -0.2) is 4.79 Å². The van der Waals surface area contributed by atoms with E-state index in [4.69, 9.17) is 14.6 Å². The van der Waals surface area contributed by atoms with Gasteiger partial charge in [-0.05, 0) is 0 Å². The van der Waals surface area contributed by atoms with Gasteiger partial charge in [0.1, 0.15) is 6.61 Å². The summed E-state index contributed by atoms with van der Waals surface area (Å²) < 4.78 is 15.0. The summed E-state index contributed by atoms with van der Waals surface area (Å²) in [6, 6.07) is 0. The summed E-state index contributed by atoms with van der Waals surface area (Å²) in [4.78, 5) is 10.4. The van der Waals surface area contributed by atoms with Gasteiger partial charge in [-0.15, -0.1) is 13.2 Å². The van der Waals surface area contributed by atoms with Crippen LogP contribution in [0.5, 0.6) is 0 Å². The van der Waals surface area contributed by atoms with Crippen molar-refractivity contribution in [1.29, 1.82) is 0 Å². The molecule has 0 aliphatic carbocycles. The van der Waals surface area contributed by atoms with Gasteiger partial charge in [-0.1, -0.05) is 12.2 Å². The molecule has 0 amide bonds. The molecule has 18 heavy (non-hydrogen) atoms. The fourth-order valence-electron chi connectivity index (χ4n) is 1.19. The van der Waals surface area contributed by atoms with Gasteiger partial charge >= 0.3 is 6.16 Å². The summed E-state index contributed by atoms with van der Waals surface area (Å²) >= 11 is 0. The largest absolute Gasteiger partial charge is 0.505 e. The van der Waals surface area contributed by atoms with Crippen LogP contribution in [0.3, 0.4) is 0 Å². The van der Waals surface area contributed by atoms with Crippen LogP contribution in [0.1, 0.15) is 0 Å². The minimum atomic E-state index is -1.40. The molecule has 0 spiro atoms. The zero-order valence-corrected chi connectivity index (χ0v) is 10.3. The maximum absolute atomic E-state index is 10.4. The average molecular weight is 260 g/mol. The molecule has 2 N–H and O–H groups in total. The van der Waals surface area contributed by atoms with Crippen molar-refractivity contribution in [3.63, 3.8) is 0 Å². The first-order chi connectivity index (χ1) is 8.60. The van der Waals surface area contributed by atoms with Gasteiger partial charge in [0.15, 0.2) is 0 Å². The Morgan fingerprint density at radius 2 is 1.61 bits per heavy atom. The molecule has 0 bridgehead atoms. The highest BCUT2D eigenvalue weighted by Gasteiger charge is 2.32. The first-order valence-electron chi connectivity index (χ1n) is 5.44. The van der Waals surface area contributed by atoms with Gasteiger partial charge in [-0.2, -0.15) is 0 Å². The van der Waals surface area contributed by atoms with Crippen molar-refractivity contribution in [2.45, 2.75) is 0 Å². The Hall–Kier alpha value is -1.37. The van der Waals surface area contributed by atoms with Crippen LogP contribution in [0.15, 0.2) is 25.3 Å². The monoisotopic (exact) mass is 260 g/mol. The van der Waals surface area contributed by atoms with E-state index in [1.165, 1.54) is 0 Å². The van der Waals surface area contributed by atoms with Crippen LogP contribution in [0.25, 0.3) is 0 Å². The smallest absolute Gasteiger partial charge is 0.450 e. The van der Waals surface area contributed by atoms with Crippen molar-refractivity contribution >= 4 is 6.16 Å². The van der Waals surface area contributed by atoms with Gasteiger partial charge in [-0.3, -0.25) is 0 Å². The second-order valence-corrected chi connectivity index (χ2v) is 3.82. The van der Waals surface area contributed by atoms with Crippen LogP contribution >= 0.6 is 0 Å². The van der Waals surface area contributed by atoms with Gasteiger partial charge in [0.25, 0.3) is 0 Å². The quantitative estimate of drug-likeness (QED) is 0.328. The first-order valence-corrected chi connectivity index (χ1v) is 5.44. The molecule has 104 valence electrons. The first kappa shape index (κ1) is 16.6. The molecule has 0 unspecified atom stereocenters. The summed E-state index contributed by atoms with van der Waals surface area (Å²) in [5, 5.41) is 17.9. The summed E-state index contributed by atoms with van der Waals surface area (Å²) in [6.07, 6.45) is 1.72. The van der Waals surface area contributed by atoms with Gasteiger partial charge < -0.3 is 24.4 Å². The highest BCUT2D eigenvalue weighted by atomic mass is 16.7. The minimum Gasteiger partial charge on any atom is -0.450 e. The third-order valence-electron chi connectivity index (χ3n) is 2.13. The molecule has 0 radical (unpaired) electrons. The van der Waals surface area contributed by atoms with Crippen LogP contribution in [0.4, 0.5) is 4.79 Å². The molecule has 0 atom stereocenters. The van der Waals surface area contributed by atoms with E-state index in [0.717, 1.165) is 0 Å². The number of aliphatic hydroxyl groups is 1. The number of ether oxygens (including phenoxy) is 3. The SMILES string of the molecule is C=CCOCC(CO)(COCC=C)COC(=O)O. The van der Waals surface area contributed by atoms with E-state index in [1.807, 2.05) is 0 Å². The molecule has 0 fully saturated rings. The molecule has 0 saturated carbocycles. The molecule has 0 rings (SSSR count). The summed E-state index contributed by atoms with van der Waals surface area (Å²) in [7, 11) is 0. The fourth-order valence-corrected chi connectivity index (χ4v) is 1.19. The minimum absolute atomic E-state index is 0.111. The number of carboxylic acid groups (broad SMARTS) is 1. The average Bonchev–Trinajstić information content (AvgIpc) is 2.36. The second-order valence-electron chi connectivity index (χ2n) is 3.82. The molecule has 6 nitrogen and oxygen atoms in total. The topological polar surface area (TPSA) is 85.2 Å². The molecule has 0 saturated heterocycles. The molecule has 0 aromatic heterocycles. The Kier molecular flexibility index (Phi) is 8.91. The summed E-state index contributed by atoms with van der Waals surface area (Å²) in [5.41, 5.74) is -0.912. The second kappa shape index (κ2) is 9.64. The molecule has 0 aromatic rings. The molecular weight excluding hydrogens is 240 g/mol. The van der Waals surface area contributed by atoms with Crippen LogP contribution in [0.2, 0.25) is 0 Å². The summed E-state index contributed by atoms with van der Waals surface area (Å²) in [6.45, 7) is 7.31. The van der Waals surface area contributed by atoms with E-state index in [2.05, 4.69) is 17.9 Å². The van der Waals surface area contributed by atoms with Crippen LogP contribution < -0.4 is 0 Å². The van der Waals surface area contributed by atoms with Crippen LogP contribution in [-0.2, 0) is 14.2 Å². The van der Waals surface area contributed by atoms with E-state index >= 15 is 0 Å². The van der Waals surface area contributed by atoms with E-state index in [0.29, 0.717) is 13.2 Å². The van der Waals surface area contributed by atoms with Crippen molar-refractivity contribution in [3.05, 3.63) is 25.3 Å². The molecule has 0 heterocycles. The van der Waals surface area contributed by atoms with Crippen LogP contribution in [-0.4, -0.2) is 56.0 Å². The Bertz CT molecular complexity index is 249. The van der Waals surface area contributed by atoms with Crippen molar-refractivity contribution in [3.8, 4) is 0 Å². The van der Waals surface area contributed by atoms with E-state index in [-0.39, 0.29) is 26.4 Å². The van der Waals surface area contributed by atoms with Gasteiger partial charge in [0.05, 0.1) is 38.4 Å². The number of carbonyl (C=O) groups is 1. The fraction of sp³-hybridized carbons (Fsp3) is 0.583. The highest BCUT2D eigenvalue weighted by Crippen LogP contribution is 2.19. The van der Waals surface area contributed by atoms with E-state index in [9.17, 15) is 9.90 Å². The molecule has 0 aromatic carbocycles. The predicted octanol–water partition coefficient (Wildman–Crippen LogP) is 1.06. The maximum atomic E-state index is 10.4. The lowest BCUT2D eigenvalue weighted by atomic mass is 9.92. The van der Waals surface area contributed by atoms with E-state index in [1.54, 1.807) is 12.2 Å². The van der Waals surface area contributed by atoms with E-state index < -0.39 is 11.6 Å². The van der Waals surface area contributed by atoms with Crippen molar-refractivity contribution in [1.82, 2.24) is 0 Å². The lowest BCUT2D eigenvalue weighted by molar-refractivity contribution is -0.0761. The molecular formula is C12H20O6. The van der Waals surface area contributed by atoms with Gasteiger partial charge in [0.2, 0.25) is 0 Å². The molecule has 6 heteroatoms. The Labute approximate surface area is 106 Å². The Balaban J connectivity index is 4.42. The van der Waals surface area contributed by atoms with Crippen molar-refractivity contribution in [2.24, 2.45) is 5.41 Å². The lowest BCUT2D eigenvalue weighted by Gasteiger charge is -2.29. The number of aliphatic hydroxyl groups excluding tert-OH is 1. The van der Waals surface area contributed by atoms with Gasteiger partial charge in [0, 0.05) is 0 Å². The lowest BCUT2D eigenvalue weighted by Crippen LogP contribution is -2.41. The number of hydrogen-bond donors (Lipinski definition) is 2. The third kappa shape index (κ3) is 7.05. The van der Waals surface area contributed by atoms with Crippen LogP contribution in [0, 0.1) is 5.41 Å². The molecule has 0 aliphatic heterocycles. The Morgan fingerprint density at radius 3 is 1.94 bits per heavy atom. The predicted molar refractivity (Wildman–Crippen MR) is 65.5 cm³/mol. The summed E-state index contributed by atoms with van der Waals surface area (Å²) in [5.74, 6) is 0. The number of rotatable bonds is 11. The van der Waals surface area contributed by atoms with Crippen molar-refractivity contribution in [2.75, 3.05) is 39.6 Å². The Morgan fingerprint density at radius 1 is 1.11 bits per heavy atom. The number of hydrogen-bond acceptors (Lipinski definition) is 5. The zero-order chi connectivity index (χ0) is 13.9. The molecule has 0 aliphatic rings. The maximum Gasteiger partial charge on any atom is 0.505 e. The van der Waals surface area contributed by atoms with Crippen molar-refractivity contribution < 1.29 is 29.2 Å². The zero-order valence-electron chi connectivity index (χ0n) is 10.3.